The molecule has 1 aliphatic rings. The van der Waals surface area contributed by atoms with Crippen LogP contribution in [0.3, 0.4) is 0 Å². The summed E-state index contributed by atoms with van der Waals surface area (Å²) in [5.74, 6) is -0.0157. The van der Waals surface area contributed by atoms with Gasteiger partial charge < -0.3 is 5.11 Å². The fourth-order valence-electron chi connectivity index (χ4n) is 1.90. The average Bonchev–Trinajstić information content (AvgIpc) is 2.16. The van der Waals surface area contributed by atoms with Gasteiger partial charge in [0.2, 0.25) is 0 Å². The molecule has 3 nitrogen and oxygen atoms in total. The van der Waals surface area contributed by atoms with Crippen molar-refractivity contribution in [1.29, 1.82) is 0 Å². The van der Waals surface area contributed by atoms with Gasteiger partial charge in [-0.3, -0.25) is 9.78 Å². The molecule has 1 aromatic heterocycles. The van der Waals surface area contributed by atoms with Gasteiger partial charge in [-0.1, -0.05) is 0 Å². The van der Waals surface area contributed by atoms with Gasteiger partial charge in [-0.2, -0.15) is 0 Å². The summed E-state index contributed by atoms with van der Waals surface area (Å²) < 4.78 is 0. The number of nitrogens with zero attached hydrogens (tertiary/aromatic N) is 1. The number of hydrogen-bond acceptors (Lipinski definition) is 3. The van der Waals surface area contributed by atoms with Crippen molar-refractivity contribution in [3.05, 3.63) is 36.2 Å². The lowest BCUT2D eigenvalue weighted by atomic mass is 9.83. The van der Waals surface area contributed by atoms with Crippen LogP contribution in [-0.4, -0.2) is 21.5 Å². The van der Waals surface area contributed by atoms with Crippen molar-refractivity contribution in [2.24, 2.45) is 0 Å². The maximum atomic E-state index is 11.4. The van der Waals surface area contributed by atoms with Gasteiger partial charge >= 0.3 is 0 Å². The first kappa shape index (κ1) is 10.1. The number of pyridine rings is 1. The maximum Gasteiger partial charge on any atom is 0.158 e. The predicted octanol–water partition coefficient (Wildman–Crippen LogP) is 1.58. The molecule has 0 saturated heterocycles. The summed E-state index contributed by atoms with van der Waals surface area (Å²) in [6.45, 7) is 1.69. The highest BCUT2D eigenvalue weighted by Gasteiger charge is 2.29. The highest BCUT2D eigenvalue weighted by molar-refractivity contribution is 5.99. The quantitative estimate of drug-likeness (QED) is 0.753. The van der Waals surface area contributed by atoms with E-state index in [2.05, 4.69) is 4.98 Å². The zero-order valence-corrected chi connectivity index (χ0v) is 8.60. The Labute approximate surface area is 88.5 Å². The summed E-state index contributed by atoms with van der Waals surface area (Å²) in [6, 6.07) is 3.70. The number of ketones is 1. The van der Waals surface area contributed by atoms with Crippen molar-refractivity contribution in [3.8, 4) is 0 Å². The zero-order valence-electron chi connectivity index (χ0n) is 8.60. The van der Waals surface area contributed by atoms with E-state index in [1.807, 2.05) is 12.1 Å². The van der Waals surface area contributed by atoms with Crippen LogP contribution in [0.25, 0.3) is 5.57 Å². The largest absolute Gasteiger partial charge is 0.389 e. The second-order valence-corrected chi connectivity index (χ2v) is 4.22. The van der Waals surface area contributed by atoms with Crippen molar-refractivity contribution in [2.75, 3.05) is 0 Å². The van der Waals surface area contributed by atoms with Crippen LogP contribution in [0.15, 0.2) is 30.6 Å². The summed E-state index contributed by atoms with van der Waals surface area (Å²) in [4.78, 5) is 15.3. The van der Waals surface area contributed by atoms with E-state index in [0.29, 0.717) is 6.42 Å². The van der Waals surface area contributed by atoms with Crippen LogP contribution < -0.4 is 0 Å². The maximum absolute atomic E-state index is 11.4. The zero-order chi connectivity index (χ0) is 10.9. The molecule has 0 aromatic carbocycles. The molecule has 0 amide bonds. The van der Waals surface area contributed by atoms with Gasteiger partial charge in [0.1, 0.15) is 0 Å². The highest BCUT2D eigenvalue weighted by atomic mass is 16.3. The van der Waals surface area contributed by atoms with Crippen molar-refractivity contribution in [1.82, 2.24) is 4.98 Å². The Kier molecular flexibility index (Phi) is 2.40. The van der Waals surface area contributed by atoms with Crippen molar-refractivity contribution < 1.29 is 9.90 Å². The van der Waals surface area contributed by atoms with Crippen LogP contribution in [0.5, 0.6) is 0 Å². The fourth-order valence-corrected chi connectivity index (χ4v) is 1.90. The molecule has 78 valence electrons. The van der Waals surface area contributed by atoms with E-state index in [0.717, 1.165) is 11.1 Å². The van der Waals surface area contributed by atoms with Gasteiger partial charge in [0, 0.05) is 25.2 Å². The molecule has 0 fully saturated rings. The van der Waals surface area contributed by atoms with Crippen molar-refractivity contribution in [2.45, 2.75) is 25.4 Å². The van der Waals surface area contributed by atoms with Gasteiger partial charge in [0.15, 0.2) is 5.78 Å². The molecule has 15 heavy (non-hydrogen) atoms. The lowest BCUT2D eigenvalue weighted by molar-refractivity contribution is -0.119. The topological polar surface area (TPSA) is 50.2 Å². The standard InChI is InChI=1S/C12H13NO2/c1-12(15)7-10(6-11(14)8-12)9-2-4-13-5-3-9/h2-6,15H,7-8H2,1H3. The normalized spacial score (nSPS) is 26.3. The smallest absolute Gasteiger partial charge is 0.158 e. The number of hydrogen-bond donors (Lipinski definition) is 1. The Morgan fingerprint density at radius 2 is 2.00 bits per heavy atom. The van der Waals surface area contributed by atoms with Gasteiger partial charge in [0.25, 0.3) is 0 Å². The molecule has 3 heteroatoms. The summed E-state index contributed by atoms with van der Waals surface area (Å²) >= 11 is 0. The Balaban J connectivity index is 2.35. The molecule has 1 aliphatic carbocycles. The molecular weight excluding hydrogens is 190 g/mol. The van der Waals surface area contributed by atoms with E-state index >= 15 is 0 Å². The average molecular weight is 203 g/mol. The van der Waals surface area contributed by atoms with Crippen molar-refractivity contribution in [3.63, 3.8) is 0 Å². The summed E-state index contributed by atoms with van der Waals surface area (Å²) in [5.41, 5.74) is 0.932. The monoisotopic (exact) mass is 203 g/mol. The molecule has 1 atom stereocenters. The van der Waals surface area contributed by atoms with Crippen LogP contribution in [-0.2, 0) is 4.79 Å². The lowest BCUT2D eigenvalue weighted by Gasteiger charge is -2.27. The molecule has 0 aliphatic heterocycles. The lowest BCUT2D eigenvalue weighted by Crippen LogP contribution is -2.30. The predicted molar refractivity (Wildman–Crippen MR) is 57.1 cm³/mol. The number of aliphatic hydroxyl groups is 1. The Morgan fingerprint density at radius 3 is 2.60 bits per heavy atom. The van der Waals surface area contributed by atoms with Crippen LogP contribution in [0.1, 0.15) is 25.3 Å². The minimum absolute atomic E-state index is 0.0157. The molecule has 0 radical (unpaired) electrons. The number of carbonyl (C=O) groups excluding carboxylic acids is 1. The van der Waals surface area contributed by atoms with Gasteiger partial charge in [-0.25, -0.2) is 0 Å². The van der Waals surface area contributed by atoms with Gasteiger partial charge in [-0.05, 0) is 36.3 Å². The molecule has 0 saturated carbocycles. The van der Waals surface area contributed by atoms with E-state index < -0.39 is 5.60 Å². The second-order valence-electron chi connectivity index (χ2n) is 4.22. The summed E-state index contributed by atoms with van der Waals surface area (Å²) in [7, 11) is 0. The third kappa shape index (κ3) is 2.30. The third-order valence-corrected chi connectivity index (χ3v) is 2.51. The fraction of sp³-hybridized carbons (Fsp3) is 0.333. The summed E-state index contributed by atoms with van der Waals surface area (Å²) in [6.07, 6.45) is 5.71. The first-order valence-corrected chi connectivity index (χ1v) is 4.93. The Bertz CT molecular complexity index is 407. The van der Waals surface area contributed by atoms with E-state index in [4.69, 9.17) is 0 Å². The Hall–Kier alpha value is -1.48. The molecule has 1 aromatic rings. The molecule has 0 spiro atoms. The minimum Gasteiger partial charge on any atom is -0.389 e. The molecule has 2 rings (SSSR count). The van der Waals surface area contributed by atoms with E-state index in [1.165, 1.54) is 0 Å². The van der Waals surface area contributed by atoms with Crippen LogP contribution in [0, 0.1) is 0 Å². The highest BCUT2D eigenvalue weighted by Crippen LogP contribution is 2.31. The van der Waals surface area contributed by atoms with Crippen LogP contribution in [0.2, 0.25) is 0 Å². The minimum atomic E-state index is -0.912. The van der Waals surface area contributed by atoms with Crippen LogP contribution in [0.4, 0.5) is 0 Å². The Morgan fingerprint density at radius 1 is 1.33 bits per heavy atom. The molecule has 1 unspecified atom stereocenters. The number of carbonyl (C=O) groups is 1. The van der Waals surface area contributed by atoms with Gasteiger partial charge in [0.05, 0.1) is 5.60 Å². The summed E-state index contributed by atoms with van der Waals surface area (Å²) in [5, 5.41) is 9.90. The van der Waals surface area contributed by atoms with Crippen LogP contribution >= 0.6 is 0 Å². The first-order chi connectivity index (χ1) is 7.07. The van der Waals surface area contributed by atoms with E-state index in [1.54, 1.807) is 25.4 Å². The van der Waals surface area contributed by atoms with Gasteiger partial charge in [-0.15, -0.1) is 0 Å². The third-order valence-electron chi connectivity index (χ3n) is 2.51. The van der Waals surface area contributed by atoms with E-state index in [9.17, 15) is 9.90 Å². The molecular formula is C12H13NO2. The number of rotatable bonds is 1. The number of allylic oxidation sites excluding steroid dienone is 1. The van der Waals surface area contributed by atoms with Crippen molar-refractivity contribution >= 4 is 11.4 Å². The first-order valence-electron chi connectivity index (χ1n) is 4.93. The second kappa shape index (κ2) is 3.59. The van der Waals surface area contributed by atoms with E-state index in [-0.39, 0.29) is 12.2 Å². The molecule has 1 heterocycles. The molecule has 0 bridgehead atoms. The number of aromatic nitrogens is 1. The molecule has 1 N–H and O–H groups in total. The SMILES string of the molecule is CC1(O)CC(=O)C=C(c2ccncc2)C1.